The molecule has 2 atom stereocenters. The minimum absolute atomic E-state index is 0.0913. The van der Waals surface area contributed by atoms with Gasteiger partial charge in [0.05, 0.1) is 18.8 Å². The van der Waals surface area contributed by atoms with Gasteiger partial charge in [-0.2, -0.15) is 0 Å². The van der Waals surface area contributed by atoms with Crippen molar-refractivity contribution in [3.63, 3.8) is 0 Å². The molecule has 0 aliphatic carbocycles. The summed E-state index contributed by atoms with van der Waals surface area (Å²) in [5.74, 6) is -0.0913. The second-order valence-electron chi connectivity index (χ2n) is 5.03. The summed E-state index contributed by atoms with van der Waals surface area (Å²) in [6, 6.07) is 7.31. The Morgan fingerprint density at radius 2 is 2.10 bits per heavy atom. The van der Waals surface area contributed by atoms with E-state index in [2.05, 4.69) is 5.32 Å². The fraction of sp³-hybridized carbons (Fsp3) is 0.533. The molecule has 0 aromatic heterocycles. The maximum atomic E-state index is 12.2. The minimum Gasteiger partial charge on any atom is -0.389 e. The largest absolute Gasteiger partial charge is 0.389 e. The van der Waals surface area contributed by atoms with Gasteiger partial charge in [0.15, 0.2) is 0 Å². The van der Waals surface area contributed by atoms with Crippen LogP contribution in [0.2, 0.25) is 0 Å². The van der Waals surface area contributed by atoms with Gasteiger partial charge in [0.25, 0.3) is 0 Å². The Bertz CT molecular complexity index is 437. The summed E-state index contributed by atoms with van der Waals surface area (Å²) in [5, 5.41) is 12.6. The molecule has 1 aromatic rings. The zero-order chi connectivity index (χ0) is 15.1. The zero-order valence-electron chi connectivity index (χ0n) is 12.6. The minimum atomic E-state index is -0.598. The number of methoxy groups -OCH3 is 1. The van der Waals surface area contributed by atoms with Crippen LogP contribution in [0.5, 0.6) is 0 Å². The SMILES string of the molecule is COCC(O)CN(C)C(C)C(=O)Nc1ccccc1C. The molecule has 20 heavy (non-hydrogen) atoms. The number of carbonyl (C=O) groups excluding carboxylic acids is 1. The van der Waals surface area contributed by atoms with Crippen LogP contribution in [0.3, 0.4) is 0 Å². The van der Waals surface area contributed by atoms with E-state index in [1.807, 2.05) is 38.1 Å². The summed E-state index contributed by atoms with van der Waals surface area (Å²) < 4.78 is 4.88. The fourth-order valence-corrected chi connectivity index (χ4v) is 1.89. The van der Waals surface area contributed by atoms with Crippen molar-refractivity contribution in [3.8, 4) is 0 Å². The maximum absolute atomic E-state index is 12.2. The van der Waals surface area contributed by atoms with Gasteiger partial charge in [-0.05, 0) is 32.5 Å². The highest BCUT2D eigenvalue weighted by Gasteiger charge is 2.20. The van der Waals surface area contributed by atoms with Gasteiger partial charge in [0.1, 0.15) is 0 Å². The quantitative estimate of drug-likeness (QED) is 0.789. The summed E-state index contributed by atoms with van der Waals surface area (Å²) in [4.78, 5) is 14.0. The lowest BCUT2D eigenvalue weighted by molar-refractivity contribution is -0.120. The number of anilines is 1. The Hall–Kier alpha value is -1.43. The molecule has 0 saturated carbocycles. The number of nitrogens with one attached hydrogen (secondary N) is 1. The Morgan fingerprint density at radius 1 is 1.45 bits per heavy atom. The summed E-state index contributed by atoms with van der Waals surface area (Å²) in [5.41, 5.74) is 1.84. The van der Waals surface area contributed by atoms with Crippen molar-refractivity contribution in [2.24, 2.45) is 0 Å². The van der Waals surface area contributed by atoms with Crippen molar-refractivity contribution in [2.75, 3.05) is 32.6 Å². The number of para-hydroxylation sites is 1. The van der Waals surface area contributed by atoms with E-state index in [-0.39, 0.29) is 18.6 Å². The van der Waals surface area contributed by atoms with Crippen LogP contribution in [0, 0.1) is 6.92 Å². The van der Waals surface area contributed by atoms with Crippen LogP contribution in [-0.2, 0) is 9.53 Å². The number of aryl methyl sites for hydroxylation is 1. The second-order valence-corrected chi connectivity index (χ2v) is 5.03. The first-order valence-corrected chi connectivity index (χ1v) is 6.69. The molecule has 1 amide bonds. The molecule has 0 radical (unpaired) electrons. The van der Waals surface area contributed by atoms with Crippen LogP contribution in [0.4, 0.5) is 5.69 Å². The van der Waals surface area contributed by atoms with Gasteiger partial charge in [0.2, 0.25) is 5.91 Å². The highest BCUT2D eigenvalue weighted by molar-refractivity contribution is 5.95. The molecular formula is C15H24N2O3. The number of benzene rings is 1. The molecule has 2 unspecified atom stereocenters. The van der Waals surface area contributed by atoms with Gasteiger partial charge >= 0.3 is 0 Å². The van der Waals surface area contributed by atoms with Crippen molar-refractivity contribution < 1.29 is 14.6 Å². The summed E-state index contributed by atoms with van der Waals surface area (Å²) in [6.07, 6.45) is -0.598. The van der Waals surface area contributed by atoms with E-state index in [9.17, 15) is 9.90 Å². The number of nitrogens with zero attached hydrogens (tertiary/aromatic N) is 1. The maximum Gasteiger partial charge on any atom is 0.241 e. The second kappa shape index (κ2) is 7.99. The third-order valence-corrected chi connectivity index (χ3v) is 3.30. The molecule has 0 bridgehead atoms. The highest BCUT2D eigenvalue weighted by Crippen LogP contribution is 2.14. The molecule has 0 spiro atoms. The van der Waals surface area contributed by atoms with E-state index in [0.29, 0.717) is 6.54 Å². The lowest BCUT2D eigenvalue weighted by Gasteiger charge is -2.26. The lowest BCUT2D eigenvalue weighted by atomic mass is 10.2. The summed E-state index contributed by atoms with van der Waals surface area (Å²) in [6.45, 7) is 4.41. The van der Waals surface area contributed by atoms with Crippen LogP contribution in [0.25, 0.3) is 0 Å². The molecule has 0 saturated heterocycles. The molecule has 1 aromatic carbocycles. The molecule has 1 rings (SSSR count). The summed E-state index contributed by atoms with van der Waals surface area (Å²) >= 11 is 0. The molecule has 112 valence electrons. The third-order valence-electron chi connectivity index (χ3n) is 3.30. The van der Waals surface area contributed by atoms with Gasteiger partial charge < -0.3 is 15.2 Å². The number of hydrogen-bond donors (Lipinski definition) is 2. The third kappa shape index (κ3) is 4.92. The fourth-order valence-electron chi connectivity index (χ4n) is 1.89. The van der Waals surface area contributed by atoms with Crippen molar-refractivity contribution in [2.45, 2.75) is 26.0 Å². The van der Waals surface area contributed by atoms with Crippen LogP contribution in [0.15, 0.2) is 24.3 Å². The normalized spacial score (nSPS) is 14.1. The number of likely N-dealkylation sites (N-methyl/N-ethyl adjacent to an activating group) is 1. The van der Waals surface area contributed by atoms with E-state index in [0.717, 1.165) is 11.3 Å². The van der Waals surface area contributed by atoms with Crippen LogP contribution in [0.1, 0.15) is 12.5 Å². The van der Waals surface area contributed by atoms with E-state index < -0.39 is 6.10 Å². The van der Waals surface area contributed by atoms with Crippen molar-refractivity contribution >= 4 is 11.6 Å². The van der Waals surface area contributed by atoms with Gasteiger partial charge in [-0.25, -0.2) is 0 Å². The Labute approximate surface area is 120 Å². The number of aliphatic hydroxyl groups is 1. The summed E-state index contributed by atoms with van der Waals surface area (Å²) in [7, 11) is 3.35. The first-order chi connectivity index (χ1) is 9.45. The molecule has 0 fully saturated rings. The average Bonchev–Trinajstić information content (AvgIpc) is 2.40. The monoisotopic (exact) mass is 280 g/mol. The van der Waals surface area contributed by atoms with E-state index in [1.165, 1.54) is 7.11 Å². The Balaban J connectivity index is 2.56. The van der Waals surface area contributed by atoms with Crippen LogP contribution >= 0.6 is 0 Å². The Kier molecular flexibility index (Phi) is 6.64. The molecule has 5 nitrogen and oxygen atoms in total. The van der Waals surface area contributed by atoms with Crippen LogP contribution < -0.4 is 5.32 Å². The number of rotatable bonds is 7. The molecule has 5 heteroatoms. The van der Waals surface area contributed by atoms with Crippen molar-refractivity contribution in [3.05, 3.63) is 29.8 Å². The van der Waals surface area contributed by atoms with Crippen molar-refractivity contribution in [1.82, 2.24) is 4.90 Å². The first kappa shape index (κ1) is 16.6. The van der Waals surface area contributed by atoms with Gasteiger partial charge in [0, 0.05) is 19.3 Å². The first-order valence-electron chi connectivity index (χ1n) is 6.69. The molecular weight excluding hydrogens is 256 g/mol. The highest BCUT2D eigenvalue weighted by atomic mass is 16.5. The van der Waals surface area contributed by atoms with Gasteiger partial charge in [-0.1, -0.05) is 18.2 Å². The number of aliphatic hydroxyl groups excluding tert-OH is 1. The van der Waals surface area contributed by atoms with Gasteiger partial charge in [-0.3, -0.25) is 9.69 Å². The topological polar surface area (TPSA) is 61.8 Å². The van der Waals surface area contributed by atoms with Crippen molar-refractivity contribution in [1.29, 1.82) is 0 Å². The van der Waals surface area contributed by atoms with E-state index >= 15 is 0 Å². The van der Waals surface area contributed by atoms with Crippen LogP contribution in [-0.4, -0.2) is 55.4 Å². The number of amides is 1. The standard InChI is InChI=1S/C15H24N2O3/c1-11-7-5-6-8-14(11)16-15(19)12(2)17(3)9-13(18)10-20-4/h5-8,12-13,18H,9-10H2,1-4H3,(H,16,19). The van der Waals surface area contributed by atoms with Gasteiger partial charge in [-0.15, -0.1) is 0 Å². The lowest BCUT2D eigenvalue weighted by Crippen LogP contribution is -2.44. The molecule has 0 heterocycles. The smallest absolute Gasteiger partial charge is 0.241 e. The van der Waals surface area contributed by atoms with E-state index in [1.54, 1.807) is 11.9 Å². The predicted octanol–water partition coefficient (Wildman–Crippen LogP) is 1.26. The average molecular weight is 280 g/mol. The zero-order valence-corrected chi connectivity index (χ0v) is 12.6. The van der Waals surface area contributed by atoms with E-state index in [4.69, 9.17) is 4.74 Å². The molecule has 0 aliphatic rings. The number of carbonyl (C=O) groups is 1. The predicted molar refractivity (Wildman–Crippen MR) is 79.8 cm³/mol. The number of ether oxygens (including phenoxy) is 1. The molecule has 0 aliphatic heterocycles. The molecule has 2 N–H and O–H groups in total. The Morgan fingerprint density at radius 3 is 2.70 bits per heavy atom. The number of hydrogen-bond acceptors (Lipinski definition) is 4.